The highest BCUT2D eigenvalue weighted by molar-refractivity contribution is 5.83. The van der Waals surface area contributed by atoms with Crippen LogP contribution in [0.1, 0.15) is 40.0 Å². The summed E-state index contributed by atoms with van der Waals surface area (Å²) in [6, 6.07) is 0. The molecule has 0 spiro atoms. The second kappa shape index (κ2) is 4.54. The zero-order chi connectivity index (χ0) is 10.7. The van der Waals surface area contributed by atoms with Gasteiger partial charge in [-0.3, -0.25) is 4.79 Å². The summed E-state index contributed by atoms with van der Waals surface area (Å²) in [4.78, 5) is 11.5. The molecule has 14 heavy (non-hydrogen) atoms. The molecule has 0 aliphatic heterocycles. The molecule has 0 saturated carbocycles. The fourth-order valence-corrected chi connectivity index (χ4v) is 1.52. The highest BCUT2D eigenvalue weighted by atomic mass is 19.1. The van der Waals surface area contributed by atoms with Crippen LogP contribution in [0.3, 0.4) is 0 Å². The van der Waals surface area contributed by atoms with Gasteiger partial charge in [-0.2, -0.15) is 0 Å². The summed E-state index contributed by atoms with van der Waals surface area (Å²) in [7, 11) is 0. The lowest BCUT2D eigenvalue weighted by molar-refractivity contribution is -0.121. The van der Waals surface area contributed by atoms with Crippen molar-refractivity contribution < 1.29 is 9.18 Å². The number of hydrogen-bond acceptors (Lipinski definition) is 1. The standard InChI is InChI=1S/C12H17FO/c1-8(2)12(14)7-10-9(3)5-4-6-11(10)13/h5,8H,4,6-7H2,1-3H3. The molecule has 0 N–H and O–H groups in total. The van der Waals surface area contributed by atoms with E-state index in [0.717, 1.165) is 12.0 Å². The van der Waals surface area contributed by atoms with Gasteiger partial charge in [0.15, 0.2) is 0 Å². The number of rotatable bonds is 3. The Morgan fingerprint density at radius 3 is 2.71 bits per heavy atom. The molecule has 0 radical (unpaired) electrons. The van der Waals surface area contributed by atoms with E-state index in [1.54, 1.807) is 0 Å². The van der Waals surface area contributed by atoms with Gasteiger partial charge in [0.05, 0.1) is 0 Å². The van der Waals surface area contributed by atoms with E-state index >= 15 is 0 Å². The first kappa shape index (κ1) is 11.2. The minimum absolute atomic E-state index is 0.00923. The third kappa shape index (κ3) is 2.53. The number of Topliss-reactive ketones (excluding diaryl/α,β-unsaturated/α-hetero) is 1. The number of hydrogen-bond donors (Lipinski definition) is 0. The lowest BCUT2D eigenvalue weighted by Crippen LogP contribution is -2.10. The first-order chi connectivity index (χ1) is 6.52. The number of allylic oxidation sites excluding steroid dienone is 4. The van der Waals surface area contributed by atoms with E-state index in [1.165, 1.54) is 0 Å². The van der Waals surface area contributed by atoms with E-state index in [2.05, 4.69) is 0 Å². The van der Waals surface area contributed by atoms with Crippen molar-refractivity contribution in [2.75, 3.05) is 0 Å². The molecule has 0 aromatic carbocycles. The molecular weight excluding hydrogens is 179 g/mol. The summed E-state index contributed by atoms with van der Waals surface area (Å²) in [5.41, 5.74) is 1.55. The number of carbonyl (C=O) groups is 1. The Balaban J connectivity index is 2.77. The first-order valence-electron chi connectivity index (χ1n) is 5.09. The summed E-state index contributed by atoms with van der Waals surface area (Å²) in [6.45, 7) is 5.58. The predicted octanol–water partition coefficient (Wildman–Crippen LogP) is 3.57. The van der Waals surface area contributed by atoms with Crippen molar-refractivity contribution >= 4 is 5.78 Å². The molecule has 0 amide bonds. The number of carbonyl (C=O) groups excluding carboxylic acids is 1. The van der Waals surface area contributed by atoms with E-state index in [1.807, 2.05) is 26.8 Å². The van der Waals surface area contributed by atoms with E-state index < -0.39 is 0 Å². The highest BCUT2D eigenvalue weighted by Gasteiger charge is 2.17. The second-order valence-corrected chi connectivity index (χ2v) is 4.11. The molecule has 0 bridgehead atoms. The van der Waals surface area contributed by atoms with Crippen LogP contribution >= 0.6 is 0 Å². The summed E-state index contributed by atoms with van der Waals surface area (Å²) in [5.74, 6) is 0.00817. The topological polar surface area (TPSA) is 17.1 Å². The van der Waals surface area contributed by atoms with Gasteiger partial charge < -0.3 is 0 Å². The monoisotopic (exact) mass is 196 g/mol. The van der Waals surface area contributed by atoms with Crippen LogP contribution in [-0.2, 0) is 4.79 Å². The van der Waals surface area contributed by atoms with Crippen LogP contribution in [0.2, 0.25) is 0 Å². The van der Waals surface area contributed by atoms with Gasteiger partial charge in [-0.15, -0.1) is 0 Å². The SMILES string of the molecule is CC1=CCCC(F)=C1CC(=O)C(C)C. The van der Waals surface area contributed by atoms with Gasteiger partial charge in [-0.25, -0.2) is 4.39 Å². The van der Waals surface area contributed by atoms with Gasteiger partial charge in [-0.1, -0.05) is 19.9 Å². The summed E-state index contributed by atoms with van der Waals surface area (Å²) < 4.78 is 13.4. The van der Waals surface area contributed by atoms with Gasteiger partial charge in [-0.05, 0) is 24.5 Å². The number of halogens is 1. The molecule has 1 aliphatic rings. The van der Waals surface area contributed by atoms with Crippen LogP contribution in [0.15, 0.2) is 23.0 Å². The van der Waals surface area contributed by atoms with Crippen molar-refractivity contribution in [2.24, 2.45) is 5.92 Å². The fraction of sp³-hybridized carbons (Fsp3) is 0.583. The largest absolute Gasteiger partial charge is 0.299 e. The molecule has 1 rings (SSSR count). The molecule has 0 aromatic heterocycles. The fourth-order valence-electron chi connectivity index (χ4n) is 1.52. The molecule has 1 aliphatic carbocycles. The van der Waals surface area contributed by atoms with Crippen LogP contribution in [0.25, 0.3) is 0 Å². The Hall–Kier alpha value is -0.920. The van der Waals surface area contributed by atoms with E-state index in [4.69, 9.17) is 0 Å². The average molecular weight is 196 g/mol. The van der Waals surface area contributed by atoms with Crippen LogP contribution in [0.5, 0.6) is 0 Å². The van der Waals surface area contributed by atoms with Crippen molar-refractivity contribution in [1.29, 1.82) is 0 Å². The average Bonchev–Trinajstić information content (AvgIpc) is 2.11. The van der Waals surface area contributed by atoms with Crippen LogP contribution < -0.4 is 0 Å². The van der Waals surface area contributed by atoms with Crippen molar-refractivity contribution in [3.05, 3.63) is 23.0 Å². The van der Waals surface area contributed by atoms with Crippen LogP contribution in [0, 0.1) is 5.92 Å². The highest BCUT2D eigenvalue weighted by Crippen LogP contribution is 2.29. The Bertz CT molecular complexity index is 297. The Morgan fingerprint density at radius 1 is 1.57 bits per heavy atom. The van der Waals surface area contributed by atoms with Gasteiger partial charge >= 0.3 is 0 Å². The molecule has 1 nitrogen and oxygen atoms in total. The molecule has 0 atom stereocenters. The third-order valence-electron chi connectivity index (χ3n) is 2.61. The Morgan fingerprint density at radius 2 is 2.21 bits per heavy atom. The van der Waals surface area contributed by atoms with Gasteiger partial charge in [0.2, 0.25) is 0 Å². The molecule has 0 saturated heterocycles. The first-order valence-corrected chi connectivity index (χ1v) is 5.09. The zero-order valence-corrected chi connectivity index (χ0v) is 9.06. The van der Waals surface area contributed by atoms with Crippen LogP contribution in [0.4, 0.5) is 4.39 Å². The maximum atomic E-state index is 13.4. The maximum Gasteiger partial charge on any atom is 0.139 e. The quantitative estimate of drug-likeness (QED) is 0.674. The zero-order valence-electron chi connectivity index (χ0n) is 9.06. The second-order valence-electron chi connectivity index (χ2n) is 4.11. The van der Waals surface area contributed by atoms with Crippen molar-refractivity contribution in [1.82, 2.24) is 0 Å². The van der Waals surface area contributed by atoms with E-state index in [9.17, 15) is 9.18 Å². The minimum Gasteiger partial charge on any atom is -0.299 e. The molecule has 2 heteroatoms. The predicted molar refractivity (Wildman–Crippen MR) is 55.6 cm³/mol. The van der Waals surface area contributed by atoms with Crippen molar-refractivity contribution in [3.8, 4) is 0 Å². The van der Waals surface area contributed by atoms with Gasteiger partial charge in [0.1, 0.15) is 11.6 Å². The van der Waals surface area contributed by atoms with E-state index in [0.29, 0.717) is 12.0 Å². The van der Waals surface area contributed by atoms with E-state index in [-0.39, 0.29) is 23.9 Å². The molecule has 0 heterocycles. The normalized spacial score (nSPS) is 17.4. The lowest BCUT2D eigenvalue weighted by atomic mass is 9.91. The summed E-state index contributed by atoms with van der Waals surface area (Å²) >= 11 is 0. The van der Waals surface area contributed by atoms with Crippen molar-refractivity contribution in [2.45, 2.75) is 40.0 Å². The summed E-state index contributed by atoms with van der Waals surface area (Å²) in [6.07, 6.45) is 3.48. The molecule has 0 unspecified atom stereocenters. The maximum absolute atomic E-state index is 13.4. The smallest absolute Gasteiger partial charge is 0.139 e. The molecule has 0 aromatic rings. The molecule has 78 valence electrons. The minimum atomic E-state index is -0.0981. The van der Waals surface area contributed by atoms with Gasteiger partial charge in [0.25, 0.3) is 0 Å². The van der Waals surface area contributed by atoms with Gasteiger partial charge in [0, 0.05) is 18.8 Å². The van der Waals surface area contributed by atoms with Crippen molar-refractivity contribution in [3.63, 3.8) is 0 Å². The third-order valence-corrected chi connectivity index (χ3v) is 2.61. The molecular formula is C12H17FO. The lowest BCUT2D eigenvalue weighted by Gasteiger charge is -2.15. The Kier molecular flexibility index (Phi) is 3.62. The molecule has 0 fully saturated rings. The summed E-state index contributed by atoms with van der Waals surface area (Å²) in [5, 5.41) is 0. The van der Waals surface area contributed by atoms with Crippen LogP contribution in [-0.4, -0.2) is 5.78 Å². The Labute approximate surface area is 84.7 Å². The number of ketones is 1.